The second-order valence-electron chi connectivity index (χ2n) is 4.24. The predicted molar refractivity (Wildman–Crippen MR) is 77.1 cm³/mol. The number of allylic oxidation sites excluding steroid dienone is 6. The van der Waals surface area contributed by atoms with Crippen LogP contribution in [0, 0.1) is 0 Å². The van der Waals surface area contributed by atoms with Crippen LogP contribution >= 0.6 is 0 Å². The van der Waals surface area contributed by atoms with Gasteiger partial charge in [0.15, 0.2) is 0 Å². The first kappa shape index (κ1) is 16.2. The van der Waals surface area contributed by atoms with Crippen molar-refractivity contribution in [1.29, 1.82) is 0 Å². The summed E-state index contributed by atoms with van der Waals surface area (Å²) in [6.45, 7) is 2.49. The van der Waals surface area contributed by atoms with Gasteiger partial charge in [0.2, 0.25) is 0 Å². The van der Waals surface area contributed by atoms with E-state index in [9.17, 15) is 0 Å². The van der Waals surface area contributed by atoms with Gasteiger partial charge >= 0.3 is 0 Å². The molecule has 98 valence electrons. The van der Waals surface area contributed by atoms with E-state index in [-0.39, 0.29) is 0 Å². The molecule has 0 aliphatic rings. The highest BCUT2D eigenvalue weighted by Crippen LogP contribution is 2.04. The second kappa shape index (κ2) is 15.2. The molecule has 0 rings (SSSR count). The molecule has 0 aromatic rings. The Kier molecular flexibility index (Phi) is 14.4. The van der Waals surface area contributed by atoms with Crippen molar-refractivity contribution in [1.82, 2.24) is 0 Å². The van der Waals surface area contributed by atoms with Crippen molar-refractivity contribution >= 4 is 0 Å². The Balaban J connectivity index is 3.19. The van der Waals surface area contributed by atoms with Gasteiger partial charge in [0.05, 0.1) is 0 Å². The maximum atomic E-state index is 8.62. The molecule has 0 aliphatic carbocycles. The molecule has 0 saturated carbocycles. The van der Waals surface area contributed by atoms with Crippen LogP contribution in [-0.4, -0.2) is 11.7 Å². The van der Waals surface area contributed by atoms with Crippen LogP contribution in [0.25, 0.3) is 0 Å². The molecule has 0 aromatic heterocycles. The van der Waals surface area contributed by atoms with Crippen LogP contribution in [0.2, 0.25) is 0 Å². The molecule has 0 unspecified atom stereocenters. The third kappa shape index (κ3) is 15.2. The normalized spacial score (nSPS) is 12.4. The molecular weight excluding hydrogens is 208 g/mol. The molecule has 0 aliphatic heterocycles. The fourth-order valence-corrected chi connectivity index (χ4v) is 1.55. The number of hydrogen-bond acceptors (Lipinski definition) is 1. The number of unbranched alkanes of at least 4 members (excludes halogenated alkanes) is 5. The van der Waals surface area contributed by atoms with Crippen LogP contribution in [0.4, 0.5) is 0 Å². The Hall–Kier alpha value is -0.820. The van der Waals surface area contributed by atoms with Gasteiger partial charge in [-0.3, -0.25) is 0 Å². The van der Waals surface area contributed by atoms with Gasteiger partial charge in [-0.25, -0.2) is 0 Å². The van der Waals surface area contributed by atoms with Gasteiger partial charge in [0, 0.05) is 6.61 Å². The van der Waals surface area contributed by atoms with Crippen molar-refractivity contribution in [3.8, 4) is 0 Å². The smallest absolute Gasteiger partial charge is 0.0431 e. The van der Waals surface area contributed by atoms with Gasteiger partial charge in [-0.05, 0) is 38.5 Å². The van der Waals surface area contributed by atoms with E-state index in [4.69, 9.17) is 5.11 Å². The average molecular weight is 236 g/mol. The monoisotopic (exact) mass is 236 g/mol. The summed E-state index contributed by atoms with van der Waals surface area (Å²) in [5, 5.41) is 8.62. The zero-order chi connectivity index (χ0) is 12.6. The van der Waals surface area contributed by atoms with Gasteiger partial charge < -0.3 is 5.11 Å². The fourth-order valence-electron chi connectivity index (χ4n) is 1.55. The van der Waals surface area contributed by atoms with E-state index in [1.807, 2.05) is 0 Å². The summed E-state index contributed by atoms with van der Waals surface area (Å²) in [5.41, 5.74) is 0. The minimum Gasteiger partial charge on any atom is -0.396 e. The Morgan fingerprint density at radius 3 is 2.12 bits per heavy atom. The second-order valence-corrected chi connectivity index (χ2v) is 4.24. The predicted octanol–water partition coefficient (Wildman–Crippen LogP) is 4.79. The molecule has 0 spiro atoms. The molecule has 0 radical (unpaired) electrons. The van der Waals surface area contributed by atoms with Crippen LogP contribution in [0.15, 0.2) is 36.5 Å². The highest BCUT2D eigenvalue weighted by molar-refractivity contribution is 5.02. The van der Waals surface area contributed by atoms with E-state index in [1.54, 1.807) is 0 Å². The topological polar surface area (TPSA) is 20.2 Å². The Labute approximate surface area is 107 Å². The van der Waals surface area contributed by atoms with Gasteiger partial charge in [-0.2, -0.15) is 0 Å². The zero-order valence-corrected chi connectivity index (χ0v) is 11.3. The number of hydrogen-bond donors (Lipinski definition) is 1. The summed E-state index contributed by atoms with van der Waals surface area (Å²) in [6.07, 6.45) is 22.4. The first-order chi connectivity index (χ1) is 8.41. The largest absolute Gasteiger partial charge is 0.396 e. The molecule has 1 heteroatoms. The highest BCUT2D eigenvalue weighted by atomic mass is 16.2. The van der Waals surface area contributed by atoms with Crippen molar-refractivity contribution in [3.63, 3.8) is 0 Å². The molecule has 0 heterocycles. The lowest BCUT2D eigenvalue weighted by atomic mass is 10.1. The first-order valence-electron chi connectivity index (χ1n) is 6.99. The molecule has 0 saturated heterocycles. The highest BCUT2D eigenvalue weighted by Gasteiger charge is 1.86. The summed E-state index contributed by atoms with van der Waals surface area (Å²) in [7, 11) is 0. The van der Waals surface area contributed by atoms with Crippen LogP contribution in [0.5, 0.6) is 0 Å². The lowest BCUT2D eigenvalue weighted by Crippen LogP contribution is -1.82. The Bertz CT molecular complexity index is 214. The molecule has 1 N–H and O–H groups in total. The van der Waals surface area contributed by atoms with Gasteiger partial charge in [-0.1, -0.05) is 56.2 Å². The molecule has 0 fully saturated rings. The third-order valence-corrected chi connectivity index (χ3v) is 2.56. The van der Waals surface area contributed by atoms with Gasteiger partial charge in [0.1, 0.15) is 0 Å². The zero-order valence-electron chi connectivity index (χ0n) is 11.3. The summed E-state index contributed by atoms with van der Waals surface area (Å²) in [5.74, 6) is 0. The molecular formula is C16H28O. The lowest BCUT2D eigenvalue weighted by molar-refractivity contribution is 0.282. The standard InChI is InChI=1S/C16H28O/c1-2-3-4-5-6-7-8-9-10-11-12-13-14-15-16-17/h3-6,9-10,17H,2,7-8,11-16H2,1H3/b4-3+,6-5+,10-9-. The van der Waals surface area contributed by atoms with Crippen molar-refractivity contribution in [2.45, 2.75) is 58.3 Å². The van der Waals surface area contributed by atoms with Crippen LogP contribution in [-0.2, 0) is 0 Å². The fraction of sp³-hybridized carbons (Fsp3) is 0.625. The molecule has 0 amide bonds. The first-order valence-corrected chi connectivity index (χ1v) is 6.99. The molecule has 0 aromatic carbocycles. The van der Waals surface area contributed by atoms with Crippen LogP contribution < -0.4 is 0 Å². The number of aliphatic hydroxyl groups is 1. The number of aliphatic hydroxyl groups excluding tert-OH is 1. The third-order valence-electron chi connectivity index (χ3n) is 2.56. The van der Waals surface area contributed by atoms with Gasteiger partial charge in [-0.15, -0.1) is 0 Å². The minimum absolute atomic E-state index is 0.342. The van der Waals surface area contributed by atoms with Crippen molar-refractivity contribution in [3.05, 3.63) is 36.5 Å². The Morgan fingerprint density at radius 1 is 0.706 bits per heavy atom. The van der Waals surface area contributed by atoms with Crippen molar-refractivity contribution in [2.75, 3.05) is 6.61 Å². The SMILES string of the molecule is CC/C=C/C=C/CC/C=C\CCCCCCO. The number of rotatable bonds is 11. The van der Waals surface area contributed by atoms with Crippen LogP contribution in [0.3, 0.4) is 0 Å². The molecule has 1 nitrogen and oxygen atoms in total. The average Bonchev–Trinajstić information content (AvgIpc) is 2.35. The summed E-state index contributed by atoms with van der Waals surface area (Å²) >= 11 is 0. The molecule has 0 atom stereocenters. The van der Waals surface area contributed by atoms with E-state index in [1.165, 1.54) is 19.3 Å². The lowest BCUT2D eigenvalue weighted by Gasteiger charge is -1.95. The quantitative estimate of drug-likeness (QED) is 0.311. The molecule has 0 bridgehead atoms. The minimum atomic E-state index is 0.342. The van der Waals surface area contributed by atoms with Crippen LogP contribution in [0.1, 0.15) is 58.3 Å². The van der Waals surface area contributed by atoms with E-state index in [0.29, 0.717) is 6.61 Å². The van der Waals surface area contributed by atoms with E-state index < -0.39 is 0 Å². The van der Waals surface area contributed by atoms with Crippen molar-refractivity contribution in [2.24, 2.45) is 0 Å². The Morgan fingerprint density at radius 2 is 1.35 bits per heavy atom. The summed E-state index contributed by atoms with van der Waals surface area (Å²) in [6, 6.07) is 0. The van der Waals surface area contributed by atoms with Gasteiger partial charge in [0.25, 0.3) is 0 Å². The van der Waals surface area contributed by atoms with E-state index in [2.05, 4.69) is 43.4 Å². The maximum Gasteiger partial charge on any atom is 0.0431 e. The summed E-state index contributed by atoms with van der Waals surface area (Å²) in [4.78, 5) is 0. The maximum absolute atomic E-state index is 8.62. The van der Waals surface area contributed by atoms with E-state index >= 15 is 0 Å². The summed E-state index contributed by atoms with van der Waals surface area (Å²) < 4.78 is 0. The van der Waals surface area contributed by atoms with Crippen molar-refractivity contribution < 1.29 is 5.11 Å². The molecule has 17 heavy (non-hydrogen) atoms. The van der Waals surface area contributed by atoms with E-state index in [0.717, 1.165) is 32.1 Å².